The summed E-state index contributed by atoms with van der Waals surface area (Å²) in [6.07, 6.45) is 1.05. The van der Waals surface area contributed by atoms with Crippen LogP contribution in [0.25, 0.3) is 0 Å². The van der Waals surface area contributed by atoms with Crippen LogP contribution in [0.3, 0.4) is 0 Å². The van der Waals surface area contributed by atoms with E-state index < -0.39 is 0 Å². The molecule has 0 nitrogen and oxygen atoms in total. The van der Waals surface area contributed by atoms with Crippen molar-refractivity contribution in [2.75, 3.05) is 5.88 Å². The van der Waals surface area contributed by atoms with Crippen molar-refractivity contribution < 1.29 is 0 Å². The van der Waals surface area contributed by atoms with Gasteiger partial charge in [0.25, 0.3) is 0 Å². The van der Waals surface area contributed by atoms with Gasteiger partial charge in [0.2, 0.25) is 0 Å². The predicted octanol–water partition coefficient (Wildman–Crippen LogP) is 2.83. The topological polar surface area (TPSA) is 0 Å². The Morgan fingerprint density at radius 1 is 1.75 bits per heavy atom. The van der Waals surface area contributed by atoms with Crippen LogP contribution in [0.4, 0.5) is 0 Å². The molecule has 1 unspecified atom stereocenters. The van der Waals surface area contributed by atoms with Gasteiger partial charge in [0.1, 0.15) is 0 Å². The molecular formula is C7H13Cl. The summed E-state index contributed by atoms with van der Waals surface area (Å²) in [5.74, 6) is 1.33. The zero-order valence-electron chi connectivity index (χ0n) is 5.58. The minimum atomic E-state index is 0.590. The molecule has 0 aromatic heterocycles. The van der Waals surface area contributed by atoms with E-state index in [1.807, 2.05) is 6.92 Å². The summed E-state index contributed by atoms with van der Waals surface area (Å²) in [7, 11) is 0. The highest BCUT2D eigenvalue weighted by Crippen LogP contribution is 2.11. The third kappa shape index (κ3) is 3.09. The Balaban J connectivity index is 3.32. The number of halogens is 1. The molecule has 0 aromatic carbocycles. The molecule has 0 bridgehead atoms. The summed E-state index contributed by atoms with van der Waals surface area (Å²) in [6, 6.07) is 0. The third-order valence-electron chi connectivity index (χ3n) is 1.38. The zero-order chi connectivity index (χ0) is 6.57. The maximum Gasteiger partial charge on any atom is 0.0229 e. The molecule has 0 amide bonds. The van der Waals surface area contributed by atoms with Gasteiger partial charge in [-0.15, -0.1) is 11.6 Å². The van der Waals surface area contributed by atoms with Gasteiger partial charge in [0.05, 0.1) is 0 Å². The lowest BCUT2D eigenvalue weighted by atomic mass is 10.0. The summed E-state index contributed by atoms with van der Waals surface area (Å²) in [5, 5.41) is 0. The van der Waals surface area contributed by atoms with E-state index in [1.54, 1.807) is 0 Å². The molecule has 0 aliphatic rings. The van der Waals surface area contributed by atoms with Crippen molar-refractivity contribution in [1.82, 2.24) is 0 Å². The molecule has 0 radical (unpaired) electrons. The molecule has 0 saturated heterocycles. The van der Waals surface area contributed by atoms with Crippen molar-refractivity contribution in [3.8, 4) is 0 Å². The van der Waals surface area contributed by atoms with E-state index in [0.717, 1.165) is 12.3 Å². The SMILES string of the molecule is C=C(C)C(C)CCCl. The Hall–Kier alpha value is 0.0300. The van der Waals surface area contributed by atoms with Gasteiger partial charge in [0, 0.05) is 5.88 Å². The smallest absolute Gasteiger partial charge is 0.0229 e. The van der Waals surface area contributed by atoms with Crippen LogP contribution in [-0.4, -0.2) is 5.88 Å². The number of hydrogen-bond acceptors (Lipinski definition) is 0. The lowest BCUT2D eigenvalue weighted by molar-refractivity contribution is 0.662. The van der Waals surface area contributed by atoms with Crippen LogP contribution in [0.15, 0.2) is 12.2 Å². The van der Waals surface area contributed by atoms with Gasteiger partial charge in [0.15, 0.2) is 0 Å². The van der Waals surface area contributed by atoms with E-state index in [-0.39, 0.29) is 0 Å². The number of rotatable bonds is 3. The Bertz CT molecular complexity index is 76.5. The molecule has 1 heteroatoms. The Labute approximate surface area is 56.5 Å². The van der Waals surface area contributed by atoms with Crippen molar-refractivity contribution in [3.05, 3.63) is 12.2 Å². The molecule has 0 aliphatic carbocycles. The summed E-state index contributed by atoms with van der Waals surface area (Å²) in [6.45, 7) is 8.00. The number of hydrogen-bond donors (Lipinski definition) is 0. The lowest BCUT2D eigenvalue weighted by Gasteiger charge is -2.06. The first-order chi connectivity index (χ1) is 3.68. The average molecular weight is 133 g/mol. The molecule has 0 rings (SSSR count). The van der Waals surface area contributed by atoms with Crippen LogP contribution in [0.1, 0.15) is 20.3 Å². The second-order valence-electron chi connectivity index (χ2n) is 2.23. The second kappa shape index (κ2) is 3.96. The van der Waals surface area contributed by atoms with Gasteiger partial charge in [-0.2, -0.15) is 0 Å². The first kappa shape index (κ1) is 8.03. The number of alkyl halides is 1. The molecule has 48 valence electrons. The summed E-state index contributed by atoms with van der Waals surface area (Å²) in [4.78, 5) is 0. The largest absolute Gasteiger partial charge is 0.127 e. The molecule has 0 fully saturated rings. The fraction of sp³-hybridized carbons (Fsp3) is 0.714. The number of allylic oxidation sites excluding steroid dienone is 1. The Morgan fingerprint density at radius 3 is 2.38 bits per heavy atom. The summed E-state index contributed by atoms with van der Waals surface area (Å²) < 4.78 is 0. The molecule has 0 aromatic rings. The van der Waals surface area contributed by atoms with Gasteiger partial charge >= 0.3 is 0 Å². The normalized spacial score (nSPS) is 13.4. The van der Waals surface area contributed by atoms with Crippen molar-refractivity contribution in [3.63, 3.8) is 0 Å². The van der Waals surface area contributed by atoms with E-state index in [9.17, 15) is 0 Å². The monoisotopic (exact) mass is 132 g/mol. The third-order valence-corrected chi connectivity index (χ3v) is 1.60. The van der Waals surface area contributed by atoms with E-state index >= 15 is 0 Å². The maximum absolute atomic E-state index is 5.50. The fourth-order valence-corrected chi connectivity index (χ4v) is 0.737. The van der Waals surface area contributed by atoms with Gasteiger partial charge in [-0.05, 0) is 19.3 Å². The summed E-state index contributed by atoms with van der Waals surface area (Å²) in [5.41, 5.74) is 1.23. The van der Waals surface area contributed by atoms with Crippen LogP contribution in [0, 0.1) is 5.92 Å². The van der Waals surface area contributed by atoms with Gasteiger partial charge in [-0.1, -0.05) is 19.1 Å². The van der Waals surface area contributed by atoms with Crippen LogP contribution in [0.5, 0.6) is 0 Å². The van der Waals surface area contributed by atoms with Crippen molar-refractivity contribution in [2.45, 2.75) is 20.3 Å². The zero-order valence-corrected chi connectivity index (χ0v) is 6.33. The molecule has 0 saturated carbocycles. The molecule has 8 heavy (non-hydrogen) atoms. The molecule has 0 spiro atoms. The fourth-order valence-electron chi connectivity index (χ4n) is 0.410. The van der Waals surface area contributed by atoms with Crippen molar-refractivity contribution >= 4 is 11.6 Å². The van der Waals surface area contributed by atoms with Crippen LogP contribution >= 0.6 is 11.6 Å². The van der Waals surface area contributed by atoms with E-state index in [2.05, 4.69) is 13.5 Å². The Morgan fingerprint density at radius 2 is 2.25 bits per heavy atom. The van der Waals surface area contributed by atoms with Crippen LogP contribution in [0.2, 0.25) is 0 Å². The van der Waals surface area contributed by atoms with E-state index in [1.165, 1.54) is 5.57 Å². The molecular weight excluding hydrogens is 120 g/mol. The van der Waals surface area contributed by atoms with Crippen LogP contribution < -0.4 is 0 Å². The molecule has 0 heterocycles. The maximum atomic E-state index is 5.50. The first-order valence-corrected chi connectivity index (χ1v) is 3.43. The van der Waals surface area contributed by atoms with Gasteiger partial charge in [-0.3, -0.25) is 0 Å². The van der Waals surface area contributed by atoms with Crippen LogP contribution in [-0.2, 0) is 0 Å². The van der Waals surface area contributed by atoms with Gasteiger partial charge in [-0.25, -0.2) is 0 Å². The minimum absolute atomic E-state index is 0.590. The molecule has 0 N–H and O–H groups in total. The average Bonchev–Trinajstić information content (AvgIpc) is 1.67. The quantitative estimate of drug-likeness (QED) is 0.409. The minimum Gasteiger partial charge on any atom is -0.127 e. The van der Waals surface area contributed by atoms with Crippen molar-refractivity contribution in [1.29, 1.82) is 0 Å². The second-order valence-corrected chi connectivity index (χ2v) is 2.60. The standard InChI is InChI=1S/C7H13Cl/c1-6(2)7(3)4-5-8/h7H,1,4-5H2,2-3H3. The lowest BCUT2D eigenvalue weighted by Crippen LogP contribution is -1.94. The highest BCUT2D eigenvalue weighted by atomic mass is 35.5. The Kier molecular flexibility index (Phi) is 3.98. The van der Waals surface area contributed by atoms with E-state index in [4.69, 9.17) is 11.6 Å². The highest BCUT2D eigenvalue weighted by Gasteiger charge is 1.98. The van der Waals surface area contributed by atoms with E-state index in [0.29, 0.717) is 5.92 Å². The highest BCUT2D eigenvalue weighted by molar-refractivity contribution is 6.17. The van der Waals surface area contributed by atoms with Gasteiger partial charge < -0.3 is 0 Å². The summed E-state index contributed by atoms with van der Waals surface area (Å²) >= 11 is 5.50. The predicted molar refractivity (Wildman–Crippen MR) is 39.3 cm³/mol. The van der Waals surface area contributed by atoms with Crippen molar-refractivity contribution in [2.24, 2.45) is 5.92 Å². The first-order valence-electron chi connectivity index (χ1n) is 2.90. The molecule has 0 aliphatic heterocycles. The molecule has 1 atom stereocenters.